The average molecular weight is 163 g/mol. The lowest BCUT2D eigenvalue weighted by molar-refractivity contribution is -0.132. The first-order chi connectivity index (χ1) is 5.11. The Balaban J connectivity index is 2.71. The standard InChI is InChI=1S/C5H7F2N3O/c6-5(7)3-1-2-4(11)10(8)9-3/h5H,1-2,8H2. The number of alkyl halides is 2. The van der Waals surface area contributed by atoms with E-state index in [2.05, 4.69) is 5.10 Å². The van der Waals surface area contributed by atoms with Crippen molar-refractivity contribution in [1.29, 1.82) is 0 Å². The zero-order chi connectivity index (χ0) is 8.43. The number of halogens is 2. The van der Waals surface area contributed by atoms with Gasteiger partial charge in [-0.05, 0) is 0 Å². The van der Waals surface area contributed by atoms with E-state index in [9.17, 15) is 13.6 Å². The molecule has 0 radical (unpaired) electrons. The topological polar surface area (TPSA) is 58.7 Å². The van der Waals surface area contributed by atoms with Crippen LogP contribution in [0.3, 0.4) is 0 Å². The third-order valence-corrected chi connectivity index (χ3v) is 1.34. The molecule has 0 aromatic carbocycles. The van der Waals surface area contributed by atoms with Gasteiger partial charge in [0.05, 0.1) is 0 Å². The van der Waals surface area contributed by atoms with Crippen LogP contribution in [-0.2, 0) is 4.79 Å². The Bertz CT molecular complexity index is 204. The molecule has 4 nitrogen and oxygen atoms in total. The van der Waals surface area contributed by atoms with Gasteiger partial charge in [0.1, 0.15) is 5.71 Å². The molecule has 1 rings (SSSR count). The van der Waals surface area contributed by atoms with Crippen molar-refractivity contribution in [1.82, 2.24) is 5.12 Å². The highest BCUT2D eigenvalue weighted by atomic mass is 19.3. The molecule has 6 heteroatoms. The predicted molar refractivity (Wildman–Crippen MR) is 33.7 cm³/mol. The minimum atomic E-state index is -2.62. The van der Waals surface area contributed by atoms with Crippen molar-refractivity contribution in [2.24, 2.45) is 10.9 Å². The number of nitrogens with zero attached hydrogens (tertiary/aromatic N) is 2. The van der Waals surface area contributed by atoms with Crippen LogP contribution in [-0.4, -0.2) is 23.2 Å². The average Bonchev–Trinajstić information content (AvgIpc) is 1.94. The molecule has 1 aliphatic rings. The molecular weight excluding hydrogens is 156 g/mol. The van der Waals surface area contributed by atoms with Crippen LogP contribution >= 0.6 is 0 Å². The highest BCUT2D eigenvalue weighted by Gasteiger charge is 2.22. The monoisotopic (exact) mass is 163 g/mol. The molecule has 0 unspecified atom stereocenters. The second-order valence-electron chi connectivity index (χ2n) is 2.13. The quantitative estimate of drug-likeness (QED) is 0.440. The van der Waals surface area contributed by atoms with Crippen LogP contribution in [0.5, 0.6) is 0 Å². The van der Waals surface area contributed by atoms with Gasteiger partial charge in [0, 0.05) is 12.8 Å². The molecule has 1 amide bonds. The Kier molecular flexibility index (Phi) is 2.13. The molecule has 0 aromatic rings. The van der Waals surface area contributed by atoms with Crippen LogP contribution < -0.4 is 5.84 Å². The highest BCUT2D eigenvalue weighted by molar-refractivity contribution is 5.94. The van der Waals surface area contributed by atoms with Gasteiger partial charge in [-0.3, -0.25) is 4.79 Å². The summed E-state index contributed by atoms with van der Waals surface area (Å²) in [5.41, 5.74) is -0.327. The van der Waals surface area contributed by atoms with Crippen molar-refractivity contribution in [3.05, 3.63) is 0 Å². The Morgan fingerprint density at radius 1 is 1.55 bits per heavy atom. The van der Waals surface area contributed by atoms with E-state index in [4.69, 9.17) is 5.84 Å². The summed E-state index contributed by atoms with van der Waals surface area (Å²) in [5.74, 6) is 4.53. The van der Waals surface area contributed by atoms with Crippen LogP contribution in [0.25, 0.3) is 0 Å². The van der Waals surface area contributed by atoms with E-state index < -0.39 is 12.3 Å². The highest BCUT2D eigenvalue weighted by Crippen LogP contribution is 2.10. The van der Waals surface area contributed by atoms with Crippen LogP contribution in [0, 0.1) is 0 Å². The molecule has 0 aliphatic carbocycles. The van der Waals surface area contributed by atoms with E-state index >= 15 is 0 Å². The Morgan fingerprint density at radius 3 is 2.64 bits per heavy atom. The lowest BCUT2D eigenvalue weighted by Crippen LogP contribution is -2.38. The maximum atomic E-state index is 11.9. The van der Waals surface area contributed by atoms with Gasteiger partial charge in [-0.1, -0.05) is 0 Å². The molecule has 0 aromatic heterocycles. The van der Waals surface area contributed by atoms with Gasteiger partial charge in [-0.15, -0.1) is 0 Å². The van der Waals surface area contributed by atoms with E-state index in [1.807, 2.05) is 0 Å². The lowest BCUT2D eigenvalue weighted by atomic mass is 10.2. The number of hydrogen-bond acceptors (Lipinski definition) is 3. The van der Waals surface area contributed by atoms with Gasteiger partial charge < -0.3 is 0 Å². The molecule has 11 heavy (non-hydrogen) atoms. The zero-order valence-corrected chi connectivity index (χ0v) is 5.63. The van der Waals surface area contributed by atoms with E-state index in [1.54, 1.807) is 0 Å². The Morgan fingerprint density at radius 2 is 2.18 bits per heavy atom. The van der Waals surface area contributed by atoms with Gasteiger partial charge in [-0.25, -0.2) is 14.6 Å². The van der Waals surface area contributed by atoms with E-state index in [0.29, 0.717) is 5.12 Å². The molecule has 62 valence electrons. The van der Waals surface area contributed by atoms with Gasteiger partial charge in [0.15, 0.2) is 0 Å². The van der Waals surface area contributed by atoms with Crippen LogP contribution in [0.2, 0.25) is 0 Å². The molecule has 0 saturated heterocycles. The Hall–Kier alpha value is -1.04. The summed E-state index contributed by atoms with van der Waals surface area (Å²) in [6, 6.07) is 0. The van der Waals surface area contributed by atoms with Crippen molar-refractivity contribution in [3.63, 3.8) is 0 Å². The summed E-state index contributed by atoms with van der Waals surface area (Å²) in [5, 5.41) is 3.65. The lowest BCUT2D eigenvalue weighted by Gasteiger charge is -2.17. The molecular formula is C5H7F2N3O. The fourth-order valence-electron chi connectivity index (χ4n) is 0.746. The second-order valence-corrected chi connectivity index (χ2v) is 2.13. The number of hydrazone groups is 1. The molecule has 1 heterocycles. The molecule has 2 N–H and O–H groups in total. The number of hydrogen-bond donors (Lipinski definition) is 1. The maximum Gasteiger partial charge on any atom is 0.278 e. The fraction of sp³-hybridized carbons (Fsp3) is 0.600. The number of amides is 1. The number of hydrazine groups is 1. The predicted octanol–water partition coefficient (Wildman–Crippen LogP) is 0.104. The molecule has 0 atom stereocenters. The van der Waals surface area contributed by atoms with E-state index in [-0.39, 0.29) is 18.6 Å². The Labute approximate surface area is 61.6 Å². The summed E-state index contributed by atoms with van der Waals surface area (Å²) in [6.45, 7) is 0. The van der Waals surface area contributed by atoms with Crippen LogP contribution in [0.15, 0.2) is 5.10 Å². The molecule has 0 bridgehead atoms. The van der Waals surface area contributed by atoms with Crippen molar-refractivity contribution in [2.45, 2.75) is 19.3 Å². The second kappa shape index (κ2) is 2.91. The molecule has 0 saturated carbocycles. The summed E-state index contributed by atoms with van der Waals surface area (Å²) in [7, 11) is 0. The third kappa shape index (κ3) is 1.70. The first-order valence-electron chi connectivity index (χ1n) is 3.04. The number of rotatable bonds is 1. The first kappa shape index (κ1) is 8.06. The number of nitrogens with two attached hydrogens (primary N) is 1. The number of carbonyl (C=O) groups excluding carboxylic acids is 1. The van der Waals surface area contributed by atoms with Gasteiger partial charge in [0.25, 0.3) is 12.3 Å². The largest absolute Gasteiger partial charge is 0.278 e. The minimum absolute atomic E-state index is 0.00417. The molecule has 0 spiro atoms. The van der Waals surface area contributed by atoms with Crippen LogP contribution in [0.1, 0.15) is 12.8 Å². The summed E-state index contributed by atoms with van der Waals surface area (Å²) < 4.78 is 23.8. The minimum Gasteiger partial charge on any atom is -0.271 e. The third-order valence-electron chi connectivity index (χ3n) is 1.34. The van der Waals surface area contributed by atoms with Gasteiger partial charge >= 0.3 is 0 Å². The first-order valence-corrected chi connectivity index (χ1v) is 3.04. The van der Waals surface area contributed by atoms with E-state index in [0.717, 1.165) is 0 Å². The molecule has 0 fully saturated rings. The zero-order valence-electron chi connectivity index (χ0n) is 5.63. The molecule has 1 aliphatic heterocycles. The SMILES string of the molecule is NN1N=C(C(F)F)CCC1=O. The normalized spacial score (nSPS) is 19.1. The summed E-state index contributed by atoms with van der Waals surface area (Å²) in [4.78, 5) is 10.6. The van der Waals surface area contributed by atoms with Gasteiger partial charge in [-0.2, -0.15) is 10.2 Å². The van der Waals surface area contributed by atoms with Crippen molar-refractivity contribution >= 4 is 11.6 Å². The summed E-state index contributed by atoms with van der Waals surface area (Å²) in [6.07, 6.45) is -2.60. The van der Waals surface area contributed by atoms with E-state index in [1.165, 1.54) is 0 Å². The maximum absolute atomic E-state index is 11.9. The number of carbonyl (C=O) groups is 1. The van der Waals surface area contributed by atoms with Crippen LogP contribution in [0.4, 0.5) is 8.78 Å². The van der Waals surface area contributed by atoms with Crippen molar-refractivity contribution in [2.75, 3.05) is 0 Å². The fourth-order valence-corrected chi connectivity index (χ4v) is 0.746. The smallest absolute Gasteiger partial charge is 0.271 e. The van der Waals surface area contributed by atoms with Gasteiger partial charge in [0.2, 0.25) is 0 Å². The van der Waals surface area contributed by atoms with Crippen molar-refractivity contribution < 1.29 is 13.6 Å². The van der Waals surface area contributed by atoms with Crippen molar-refractivity contribution in [3.8, 4) is 0 Å². The summed E-state index contributed by atoms with van der Waals surface area (Å²) >= 11 is 0.